The van der Waals surface area contributed by atoms with Gasteiger partial charge < -0.3 is 20.1 Å². The number of aromatic nitrogens is 2. The van der Waals surface area contributed by atoms with Crippen molar-refractivity contribution in [2.45, 2.75) is 44.3 Å². The molecule has 3 heterocycles. The number of carbonyl (C=O) groups is 3. The van der Waals surface area contributed by atoms with Gasteiger partial charge in [0.1, 0.15) is 5.25 Å². The highest BCUT2D eigenvalue weighted by Gasteiger charge is 2.33. The van der Waals surface area contributed by atoms with Crippen molar-refractivity contribution in [3.8, 4) is 0 Å². The summed E-state index contributed by atoms with van der Waals surface area (Å²) in [5, 5.41) is 9.61. The molecule has 4 rings (SSSR count). The van der Waals surface area contributed by atoms with Crippen LogP contribution in [-0.2, 0) is 16.0 Å². The summed E-state index contributed by atoms with van der Waals surface area (Å²) in [6, 6.07) is 6.64. The molecule has 11 heteroatoms. The molecule has 2 aromatic rings. The Kier molecular flexibility index (Phi) is 7.38. The van der Waals surface area contributed by atoms with E-state index in [1.165, 1.54) is 11.8 Å². The van der Waals surface area contributed by atoms with E-state index >= 15 is 0 Å². The molecule has 174 valence electrons. The van der Waals surface area contributed by atoms with Crippen LogP contribution in [0.1, 0.15) is 47.8 Å². The maximum Gasteiger partial charge on any atom is 0.262 e. The van der Waals surface area contributed by atoms with Gasteiger partial charge in [0.05, 0.1) is 0 Å². The Morgan fingerprint density at radius 1 is 1.21 bits per heavy atom. The smallest absolute Gasteiger partial charge is 0.262 e. The molecule has 1 aromatic carbocycles. The van der Waals surface area contributed by atoms with Gasteiger partial charge in [-0.1, -0.05) is 16.9 Å². The van der Waals surface area contributed by atoms with E-state index in [0.29, 0.717) is 42.4 Å². The largest absolute Gasteiger partial charge is 0.352 e. The normalized spacial score (nSPS) is 17.8. The first-order valence-electron chi connectivity index (χ1n) is 11.0. The predicted molar refractivity (Wildman–Crippen MR) is 124 cm³/mol. The first kappa shape index (κ1) is 23.0. The van der Waals surface area contributed by atoms with Crippen LogP contribution < -0.4 is 10.6 Å². The molecular formula is C22H26N6O4S. The Morgan fingerprint density at radius 2 is 1.97 bits per heavy atom. The topological polar surface area (TPSA) is 130 Å². The van der Waals surface area contributed by atoms with Crippen LogP contribution in [0.5, 0.6) is 0 Å². The molecular weight excluding hydrogens is 444 g/mol. The van der Waals surface area contributed by atoms with Crippen molar-refractivity contribution in [2.24, 2.45) is 4.99 Å². The average Bonchev–Trinajstić information content (AvgIpc) is 3.54. The van der Waals surface area contributed by atoms with Gasteiger partial charge in [-0.25, -0.2) is 0 Å². The summed E-state index contributed by atoms with van der Waals surface area (Å²) < 4.78 is 5.04. The van der Waals surface area contributed by atoms with Crippen LogP contribution in [0, 0.1) is 6.92 Å². The van der Waals surface area contributed by atoms with E-state index in [2.05, 4.69) is 30.7 Å². The maximum atomic E-state index is 12.4. The number of thioether (sulfide) groups is 1. The standard InChI is InChI=1S/C22H26N6O4S/c1-14-24-19(32-27-14)5-4-10-23-20(30)15-6-8-16(9-7-15)25-18(29)13-17-21(31)26-22(33-17)28-11-2-3-12-28/h6-9,17H,2-5,10-13H2,1H3,(H,23,30)(H,25,29). The summed E-state index contributed by atoms with van der Waals surface area (Å²) in [6.45, 7) is 4.06. The lowest BCUT2D eigenvalue weighted by Gasteiger charge is -2.16. The van der Waals surface area contributed by atoms with Crippen LogP contribution in [0.2, 0.25) is 0 Å². The monoisotopic (exact) mass is 470 g/mol. The molecule has 2 aliphatic rings. The highest BCUT2D eigenvalue weighted by atomic mass is 32.2. The van der Waals surface area contributed by atoms with Crippen molar-refractivity contribution in [1.29, 1.82) is 0 Å². The third-order valence-electron chi connectivity index (χ3n) is 5.33. The van der Waals surface area contributed by atoms with Crippen molar-refractivity contribution < 1.29 is 18.9 Å². The van der Waals surface area contributed by atoms with E-state index in [-0.39, 0.29) is 24.1 Å². The van der Waals surface area contributed by atoms with Crippen molar-refractivity contribution in [3.05, 3.63) is 41.5 Å². The van der Waals surface area contributed by atoms with Gasteiger partial charge in [0.2, 0.25) is 11.8 Å². The molecule has 10 nitrogen and oxygen atoms in total. The minimum Gasteiger partial charge on any atom is -0.352 e. The van der Waals surface area contributed by atoms with Crippen LogP contribution in [0.4, 0.5) is 5.69 Å². The molecule has 3 amide bonds. The Hall–Kier alpha value is -3.21. The van der Waals surface area contributed by atoms with E-state index in [4.69, 9.17) is 4.52 Å². The quantitative estimate of drug-likeness (QED) is 0.562. The Balaban J connectivity index is 1.19. The molecule has 0 bridgehead atoms. The lowest BCUT2D eigenvalue weighted by atomic mass is 10.2. The highest BCUT2D eigenvalue weighted by molar-refractivity contribution is 8.15. The summed E-state index contributed by atoms with van der Waals surface area (Å²) >= 11 is 1.37. The van der Waals surface area contributed by atoms with Crippen molar-refractivity contribution in [3.63, 3.8) is 0 Å². The third-order valence-corrected chi connectivity index (χ3v) is 6.54. The summed E-state index contributed by atoms with van der Waals surface area (Å²) in [6.07, 6.45) is 3.55. The van der Waals surface area contributed by atoms with Gasteiger partial charge in [-0.05, 0) is 50.5 Å². The van der Waals surface area contributed by atoms with Gasteiger partial charge in [-0.3, -0.25) is 14.4 Å². The molecule has 1 unspecified atom stereocenters. The predicted octanol–water partition coefficient (Wildman–Crippen LogP) is 2.16. The molecule has 0 radical (unpaired) electrons. The Morgan fingerprint density at radius 3 is 2.67 bits per heavy atom. The fraction of sp³-hybridized carbons (Fsp3) is 0.455. The second-order valence-electron chi connectivity index (χ2n) is 7.96. The van der Waals surface area contributed by atoms with Crippen LogP contribution in [-0.4, -0.2) is 62.8 Å². The first-order valence-corrected chi connectivity index (χ1v) is 11.9. The van der Waals surface area contributed by atoms with Gasteiger partial charge in [-0.15, -0.1) is 0 Å². The number of benzene rings is 1. The molecule has 33 heavy (non-hydrogen) atoms. The number of nitrogens with one attached hydrogen (secondary N) is 2. The minimum atomic E-state index is -0.485. The molecule has 0 spiro atoms. The first-order chi connectivity index (χ1) is 16.0. The van der Waals surface area contributed by atoms with Crippen LogP contribution >= 0.6 is 11.8 Å². The SMILES string of the molecule is Cc1noc(CCCNC(=O)c2ccc(NC(=O)CC3SC(N4CCCC4)=NC3=O)cc2)n1. The van der Waals surface area contributed by atoms with Crippen molar-refractivity contribution in [2.75, 3.05) is 25.0 Å². The fourth-order valence-electron chi connectivity index (χ4n) is 3.62. The van der Waals surface area contributed by atoms with Crippen LogP contribution in [0.25, 0.3) is 0 Å². The summed E-state index contributed by atoms with van der Waals surface area (Å²) in [4.78, 5) is 47.2. The molecule has 0 saturated carbocycles. The number of likely N-dealkylation sites (tertiary alicyclic amines) is 1. The van der Waals surface area contributed by atoms with Gasteiger partial charge in [0.15, 0.2) is 11.0 Å². The van der Waals surface area contributed by atoms with Gasteiger partial charge in [0, 0.05) is 43.7 Å². The van der Waals surface area contributed by atoms with Crippen LogP contribution in [0.15, 0.2) is 33.8 Å². The molecule has 1 aromatic heterocycles. The number of aliphatic imine (C=N–C) groups is 1. The maximum absolute atomic E-state index is 12.4. The van der Waals surface area contributed by atoms with Gasteiger partial charge in [-0.2, -0.15) is 9.98 Å². The Bertz CT molecular complexity index is 1050. The second-order valence-corrected chi connectivity index (χ2v) is 9.13. The number of aryl methyl sites for hydroxylation is 2. The zero-order chi connectivity index (χ0) is 23.2. The van der Waals surface area contributed by atoms with Crippen molar-refractivity contribution >= 4 is 40.3 Å². The number of hydrogen-bond donors (Lipinski definition) is 2. The third kappa shape index (κ3) is 6.19. The molecule has 1 atom stereocenters. The van der Waals surface area contributed by atoms with E-state index < -0.39 is 5.25 Å². The van der Waals surface area contributed by atoms with Gasteiger partial charge in [0.25, 0.3) is 11.8 Å². The summed E-state index contributed by atoms with van der Waals surface area (Å²) in [5.41, 5.74) is 1.06. The molecule has 1 fully saturated rings. The van der Waals surface area contributed by atoms with E-state index in [1.807, 2.05) is 0 Å². The van der Waals surface area contributed by atoms with E-state index in [9.17, 15) is 14.4 Å². The number of amides is 3. The number of amidine groups is 1. The number of nitrogens with zero attached hydrogens (tertiary/aromatic N) is 4. The fourth-order valence-corrected chi connectivity index (χ4v) is 4.74. The Labute approximate surface area is 195 Å². The second kappa shape index (κ2) is 10.6. The lowest BCUT2D eigenvalue weighted by Crippen LogP contribution is -2.25. The molecule has 1 saturated heterocycles. The van der Waals surface area contributed by atoms with Crippen molar-refractivity contribution in [1.82, 2.24) is 20.4 Å². The number of rotatable bonds is 8. The molecule has 2 aliphatic heterocycles. The lowest BCUT2D eigenvalue weighted by molar-refractivity contribution is -0.121. The van der Waals surface area contributed by atoms with Crippen LogP contribution in [0.3, 0.4) is 0 Å². The summed E-state index contributed by atoms with van der Waals surface area (Å²) in [5.74, 6) is 0.438. The zero-order valence-electron chi connectivity index (χ0n) is 18.4. The number of anilines is 1. The highest BCUT2D eigenvalue weighted by Crippen LogP contribution is 2.29. The minimum absolute atomic E-state index is 0.0617. The van der Waals surface area contributed by atoms with Gasteiger partial charge >= 0.3 is 0 Å². The van der Waals surface area contributed by atoms with E-state index in [0.717, 1.165) is 31.1 Å². The molecule has 0 aliphatic carbocycles. The summed E-state index contributed by atoms with van der Waals surface area (Å²) in [7, 11) is 0. The zero-order valence-corrected chi connectivity index (χ0v) is 19.2. The number of hydrogen-bond acceptors (Lipinski definition) is 8. The molecule has 2 N–H and O–H groups in total. The number of carbonyl (C=O) groups excluding carboxylic acids is 3. The van der Waals surface area contributed by atoms with E-state index in [1.54, 1.807) is 31.2 Å². The average molecular weight is 471 g/mol.